The van der Waals surface area contributed by atoms with E-state index in [9.17, 15) is 4.79 Å². The van der Waals surface area contributed by atoms with Crippen molar-refractivity contribution in [3.8, 4) is 6.07 Å². The minimum absolute atomic E-state index is 0.259. The number of nitrogen functional groups attached to an aromatic ring is 1. The van der Waals surface area contributed by atoms with E-state index >= 15 is 0 Å². The van der Waals surface area contributed by atoms with Crippen molar-refractivity contribution in [3.63, 3.8) is 0 Å². The quantitative estimate of drug-likeness (QED) is 0.913. The molecule has 0 aliphatic heterocycles. The molecule has 1 aliphatic carbocycles. The van der Waals surface area contributed by atoms with E-state index in [1.54, 1.807) is 24.4 Å². The highest BCUT2D eigenvalue weighted by molar-refractivity contribution is 6.34. The molecule has 5 nitrogen and oxygen atoms in total. The third-order valence-corrected chi connectivity index (χ3v) is 3.70. The maximum atomic E-state index is 12.4. The molecule has 1 aromatic carbocycles. The molecule has 1 fully saturated rings. The Morgan fingerprint density at radius 2 is 2.19 bits per heavy atom. The summed E-state index contributed by atoms with van der Waals surface area (Å²) in [6, 6.07) is 8.76. The molecule has 0 saturated heterocycles. The number of carbonyl (C=O) groups is 1. The zero-order chi connectivity index (χ0) is 15.0. The number of anilines is 2. The van der Waals surface area contributed by atoms with Crippen LogP contribution < -0.4 is 11.1 Å². The van der Waals surface area contributed by atoms with Crippen molar-refractivity contribution in [2.24, 2.45) is 0 Å². The lowest BCUT2D eigenvalue weighted by Gasteiger charge is -2.10. The van der Waals surface area contributed by atoms with Gasteiger partial charge in [-0.1, -0.05) is 11.6 Å². The Balaban J connectivity index is 1.85. The van der Waals surface area contributed by atoms with E-state index in [1.807, 2.05) is 10.6 Å². The number of carbonyl (C=O) groups excluding carboxylic acids is 1. The molecular weight excluding hydrogens is 288 g/mol. The number of nitrogens with zero attached hydrogens (tertiary/aromatic N) is 2. The van der Waals surface area contributed by atoms with Gasteiger partial charge in [-0.3, -0.25) is 4.79 Å². The average Bonchev–Trinajstić information content (AvgIpc) is 3.23. The molecule has 0 atom stereocenters. The van der Waals surface area contributed by atoms with Crippen LogP contribution in [0.1, 0.15) is 34.9 Å². The average molecular weight is 301 g/mol. The number of rotatable bonds is 3. The molecule has 21 heavy (non-hydrogen) atoms. The molecule has 1 aliphatic rings. The summed E-state index contributed by atoms with van der Waals surface area (Å²) in [7, 11) is 0. The van der Waals surface area contributed by atoms with E-state index in [1.165, 1.54) is 6.07 Å². The summed E-state index contributed by atoms with van der Waals surface area (Å²) in [5.41, 5.74) is 7.79. The summed E-state index contributed by atoms with van der Waals surface area (Å²) in [6.45, 7) is 0. The SMILES string of the molecule is N#Cc1ccc(NC(=O)c2cc(N)cn2C2CC2)c(Cl)c1. The van der Waals surface area contributed by atoms with Gasteiger partial charge in [-0.25, -0.2) is 0 Å². The molecule has 3 N–H and O–H groups in total. The van der Waals surface area contributed by atoms with Crippen molar-refractivity contribution in [1.82, 2.24) is 4.57 Å². The number of hydrogen-bond donors (Lipinski definition) is 2. The van der Waals surface area contributed by atoms with Gasteiger partial charge in [0.25, 0.3) is 5.91 Å². The highest BCUT2D eigenvalue weighted by atomic mass is 35.5. The molecular formula is C15H13ClN4O. The van der Waals surface area contributed by atoms with E-state index in [-0.39, 0.29) is 5.91 Å². The second kappa shape index (κ2) is 5.15. The van der Waals surface area contributed by atoms with Crippen LogP contribution in [0.2, 0.25) is 5.02 Å². The molecule has 2 aromatic rings. The van der Waals surface area contributed by atoms with Crippen molar-refractivity contribution in [1.29, 1.82) is 5.26 Å². The standard InChI is InChI=1S/C15H13ClN4O/c16-12-5-9(7-17)1-4-13(12)19-15(21)14-6-10(18)8-20(14)11-2-3-11/h1,4-6,8,11H,2-3,18H2,(H,19,21). The molecule has 0 spiro atoms. The van der Waals surface area contributed by atoms with E-state index in [4.69, 9.17) is 22.6 Å². The van der Waals surface area contributed by atoms with Gasteiger partial charge in [0.1, 0.15) is 5.69 Å². The van der Waals surface area contributed by atoms with E-state index in [0.717, 1.165) is 12.8 Å². The van der Waals surface area contributed by atoms with Gasteiger partial charge in [-0.05, 0) is 37.1 Å². The molecule has 0 bridgehead atoms. The lowest BCUT2D eigenvalue weighted by molar-refractivity contribution is 0.101. The third-order valence-electron chi connectivity index (χ3n) is 3.39. The summed E-state index contributed by atoms with van der Waals surface area (Å²) < 4.78 is 1.90. The summed E-state index contributed by atoms with van der Waals surface area (Å²) in [5, 5.41) is 11.9. The fourth-order valence-electron chi connectivity index (χ4n) is 2.21. The van der Waals surface area contributed by atoms with Gasteiger partial charge in [0.2, 0.25) is 0 Å². The summed E-state index contributed by atoms with van der Waals surface area (Å²) in [4.78, 5) is 12.4. The predicted octanol–water partition coefficient (Wildman–Crippen LogP) is 3.18. The summed E-state index contributed by atoms with van der Waals surface area (Å²) >= 11 is 6.06. The zero-order valence-electron chi connectivity index (χ0n) is 11.1. The number of nitriles is 1. The zero-order valence-corrected chi connectivity index (χ0v) is 11.9. The first-order valence-electron chi connectivity index (χ1n) is 6.57. The van der Waals surface area contributed by atoms with Crippen molar-refractivity contribution in [2.75, 3.05) is 11.1 Å². The highest BCUT2D eigenvalue weighted by Crippen LogP contribution is 2.37. The van der Waals surface area contributed by atoms with Crippen LogP contribution in [0.15, 0.2) is 30.5 Å². The van der Waals surface area contributed by atoms with Crippen LogP contribution in [-0.4, -0.2) is 10.5 Å². The molecule has 3 rings (SSSR count). The van der Waals surface area contributed by atoms with Gasteiger partial charge in [-0.15, -0.1) is 0 Å². The molecule has 0 unspecified atom stereocenters. The number of amides is 1. The number of halogens is 1. The first kappa shape index (κ1) is 13.5. The lowest BCUT2D eigenvalue weighted by Crippen LogP contribution is -2.16. The van der Waals surface area contributed by atoms with Crippen LogP contribution in [0.5, 0.6) is 0 Å². The maximum absolute atomic E-state index is 12.4. The van der Waals surface area contributed by atoms with Gasteiger partial charge in [-0.2, -0.15) is 5.26 Å². The van der Waals surface area contributed by atoms with Crippen LogP contribution in [0.3, 0.4) is 0 Å². The van der Waals surface area contributed by atoms with Crippen LogP contribution in [-0.2, 0) is 0 Å². The Bertz CT molecular complexity index is 756. The molecule has 0 radical (unpaired) electrons. The molecule has 1 amide bonds. The Labute approximate surface area is 126 Å². The maximum Gasteiger partial charge on any atom is 0.272 e. The first-order valence-corrected chi connectivity index (χ1v) is 6.94. The topological polar surface area (TPSA) is 83.8 Å². The molecule has 6 heteroatoms. The number of nitrogens with one attached hydrogen (secondary N) is 1. The van der Waals surface area contributed by atoms with Crippen LogP contribution in [0, 0.1) is 11.3 Å². The second-order valence-corrected chi connectivity index (χ2v) is 5.46. The Morgan fingerprint density at radius 3 is 2.81 bits per heavy atom. The monoisotopic (exact) mass is 300 g/mol. The fraction of sp³-hybridized carbons (Fsp3) is 0.200. The highest BCUT2D eigenvalue weighted by Gasteiger charge is 2.27. The van der Waals surface area contributed by atoms with Crippen molar-refractivity contribution >= 4 is 28.9 Å². The minimum Gasteiger partial charge on any atom is -0.397 e. The third kappa shape index (κ3) is 2.71. The number of hydrogen-bond acceptors (Lipinski definition) is 3. The Morgan fingerprint density at radius 1 is 1.43 bits per heavy atom. The molecule has 1 saturated carbocycles. The smallest absolute Gasteiger partial charge is 0.272 e. The summed E-state index contributed by atoms with van der Waals surface area (Å²) in [5.74, 6) is -0.259. The van der Waals surface area contributed by atoms with E-state index < -0.39 is 0 Å². The molecule has 1 aromatic heterocycles. The minimum atomic E-state index is -0.259. The van der Waals surface area contributed by atoms with Gasteiger partial charge >= 0.3 is 0 Å². The van der Waals surface area contributed by atoms with Crippen molar-refractivity contribution in [3.05, 3.63) is 46.7 Å². The van der Waals surface area contributed by atoms with Crippen LogP contribution in [0.4, 0.5) is 11.4 Å². The van der Waals surface area contributed by atoms with Crippen LogP contribution in [0.25, 0.3) is 0 Å². The van der Waals surface area contributed by atoms with Crippen molar-refractivity contribution in [2.45, 2.75) is 18.9 Å². The summed E-state index contributed by atoms with van der Waals surface area (Å²) in [6.07, 6.45) is 3.91. The number of benzene rings is 1. The van der Waals surface area contributed by atoms with Gasteiger partial charge in [0, 0.05) is 12.2 Å². The predicted molar refractivity (Wildman–Crippen MR) is 81.2 cm³/mol. The van der Waals surface area contributed by atoms with Crippen LogP contribution >= 0.6 is 11.6 Å². The second-order valence-electron chi connectivity index (χ2n) is 5.06. The first-order chi connectivity index (χ1) is 10.1. The van der Waals surface area contributed by atoms with E-state index in [2.05, 4.69) is 5.32 Å². The fourth-order valence-corrected chi connectivity index (χ4v) is 2.44. The molecule has 106 valence electrons. The number of nitrogens with two attached hydrogens (primary N) is 1. The molecule has 1 heterocycles. The number of aromatic nitrogens is 1. The van der Waals surface area contributed by atoms with Gasteiger partial charge < -0.3 is 15.6 Å². The Hall–Kier alpha value is -2.45. The Kier molecular flexibility index (Phi) is 3.32. The van der Waals surface area contributed by atoms with Gasteiger partial charge in [0.15, 0.2) is 0 Å². The largest absolute Gasteiger partial charge is 0.397 e. The van der Waals surface area contributed by atoms with Crippen molar-refractivity contribution < 1.29 is 4.79 Å². The lowest BCUT2D eigenvalue weighted by atomic mass is 10.2. The van der Waals surface area contributed by atoms with Gasteiger partial charge in [0.05, 0.1) is 28.0 Å². The normalized spacial score (nSPS) is 13.7. The van der Waals surface area contributed by atoms with E-state index in [0.29, 0.717) is 33.7 Å².